The summed E-state index contributed by atoms with van der Waals surface area (Å²) in [6.45, 7) is 6.34. The SMILES string of the molecule is CC(C)(C)OC(=O)NCC(NCc1ccc(C(=O)O)o1)C1CC1. The second kappa shape index (κ2) is 7.04. The van der Waals surface area contributed by atoms with Gasteiger partial charge in [-0.2, -0.15) is 0 Å². The largest absolute Gasteiger partial charge is 0.475 e. The van der Waals surface area contributed by atoms with Crippen LogP contribution >= 0.6 is 0 Å². The van der Waals surface area contributed by atoms with Gasteiger partial charge in [-0.1, -0.05) is 0 Å². The van der Waals surface area contributed by atoms with Gasteiger partial charge in [-0.05, 0) is 51.7 Å². The van der Waals surface area contributed by atoms with E-state index in [1.807, 2.05) is 20.8 Å². The highest BCUT2D eigenvalue weighted by atomic mass is 16.6. The molecule has 7 heteroatoms. The lowest BCUT2D eigenvalue weighted by molar-refractivity contribution is 0.0519. The quantitative estimate of drug-likeness (QED) is 0.712. The molecular weight excluding hydrogens is 300 g/mol. The highest BCUT2D eigenvalue weighted by Crippen LogP contribution is 2.32. The van der Waals surface area contributed by atoms with Crippen LogP contribution in [0.5, 0.6) is 0 Å². The van der Waals surface area contributed by atoms with Gasteiger partial charge in [0.15, 0.2) is 0 Å². The number of rotatable bonds is 7. The summed E-state index contributed by atoms with van der Waals surface area (Å²) < 4.78 is 10.4. The lowest BCUT2D eigenvalue weighted by Crippen LogP contribution is -2.43. The van der Waals surface area contributed by atoms with E-state index in [0.29, 0.717) is 24.8 Å². The Morgan fingerprint density at radius 1 is 1.39 bits per heavy atom. The van der Waals surface area contributed by atoms with Crippen LogP contribution in [0.1, 0.15) is 49.9 Å². The molecule has 1 aliphatic carbocycles. The van der Waals surface area contributed by atoms with Crippen LogP contribution in [-0.2, 0) is 11.3 Å². The number of carboxylic acid groups (broad SMARTS) is 1. The minimum absolute atomic E-state index is 0.0725. The van der Waals surface area contributed by atoms with Gasteiger partial charge in [0.05, 0.1) is 6.54 Å². The summed E-state index contributed by atoms with van der Waals surface area (Å²) in [7, 11) is 0. The number of aromatic carboxylic acids is 1. The Balaban J connectivity index is 1.80. The molecule has 1 heterocycles. The molecular formula is C16H24N2O5. The Kier molecular flexibility index (Phi) is 5.30. The van der Waals surface area contributed by atoms with Crippen molar-refractivity contribution in [3.63, 3.8) is 0 Å². The molecule has 23 heavy (non-hydrogen) atoms. The molecule has 1 aromatic heterocycles. The summed E-state index contributed by atoms with van der Waals surface area (Å²) in [6.07, 6.45) is 1.80. The predicted molar refractivity (Wildman–Crippen MR) is 83.3 cm³/mol. The van der Waals surface area contributed by atoms with Gasteiger partial charge >= 0.3 is 12.1 Å². The van der Waals surface area contributed by atoms with Gasteiger partial charge in [0.1, 0.15) is 11.4 Å². The van der Waals surface area contributed by atoms with E-state index in [0.717, 1.165) is 12.8 Å². The van der Waals surface area contributed by atoms with Crippen LogP contribution < -0.4 is 10.6 Å². The molecule has 3 N–H and O–H groups in total. The van der Waals surface area contributed by atoms with Crippen molar-refractivity contribution in [3.8, 4) is 0 Å². The Morgan fingerprint density at radius 2 is 2.09 bits per heavy atom. The van der Waals surface area contributed by atoms with E-state index in [1.54, 1.807) is 6.07 Å². The molecule has 1 unspecified atom stereocenters. The van der Waals surface area contributed by atoms with E-state index in [4.69, 9.17) is 14.3 Å². The molecule has 0 spiro atoms. The fourth-order valence-corrected chi connectivity index (χ4v) is 2.23. The van der Waals surface area contributed by atoms with Gasteiger partial charge in [0.25, 0.3) is 0 Å². The normalized spacial score (nSPS) is 16.0. The zero-order valence-corrected chi connectivity index (χ0v) is 13.7. The van der Waals surface area contributed by atoms with Crippen LogP contribution in [0, 0.1) is 5.92 Å². The van der Waals surface area contributed by atoms with Gasteiger partial charge in [0.2, 0.25) is 5.76 Å². The number of furan rings is 1. The number of carbonyl (C=O) groups excluding carboxylic acids is 1. The molecule has 1 aromatic rings. The average molecular weight is 324 g/mol. The minimum Gasteiger partial charge on any atom is -0.475 e. The van der Waals surface area contributed by atoms with Crippen LogP contribution in [0.4, 0.5) is 4.79 Å². The fraction of sp³-hybridized carbons (Fsp3) is 0.625. The molecule has 0 bridgehead atoms. The maximum Gasteiger partial charge on any atom is 0.407 e. The highest BCUT2D eigenvalue weighted by molar-refractivity contribution is 5.84. The first-order valence-electron chi connectivity index (χ1n) is 7.77. The van der Waals surface area contributed by atoms with Gasteiger partial charge in [-0.15, -0.1) is 0 Å². The number of nitrogens with one attached hydrogen (secondary N) is 2. The molecule has 1 amide bonds. The van der Waals surface area contributed by atoms with E-state index >= 15 is 0 Å². The number of hydrogen-bond donors (Lipinski definition) is 3. The van der Waals surface area contributed by atoms with Gasteiger partial charge in [-0.25, -0.2) is 9.59 Å². The molecule has 1 aliphatic rings. The van der Waals surface area contributed by atoms with Crippen LogP contribution in [0.2, 0.25) is 0 Å². The van der Waals surface area contributed by atoms with Crippen molar-refractivity contribution >= 4 is 12.1 Å². The zero-order chi connectivity index (χ0) is 17.0. The third-order valence-corrected chi connectivity index (χ3v) is 3.47. The number of alkyl carbamates (subject to hydrolysis) is 1. The standard InChI is InChI=1S/C16H24N2O5/c1-16(2,3)23-15(21)18-9-12(10-4-5-10)17-8-11-6-7-13(22-11)14(19)20/h6-7,10,12,17H,4-5,8-9H2,1-3H3,(H,18,21)(H,19,20). The van der Waals surface area contributed by atoms with Crippen molar-refractivity contribution < 1.29 is 23.8 Å². The zero-order valence-electron chi connectivity index (χ0n) is 13.7. The van der Waals surface area contributed by atoms with Crippen molar-refractivity contribution in [1.29, 1.82) is 0 Å². The van der Waals surface area contributed by atoms with Crippen LogP contribution in [0.25, 0.3) is 0 Å². The summed E-state index contributed by atoms with van der Waals surface area (Å²) >= 11 is 0. The number of carbonyl (C=O) groups is 2. The molecule has 7 nitrogen and oxygen atoms in total. The first-order chi connectivity index (χ1) is 10.7. The highest BCUT2D eigenvalue weighted by Gasteiger charge is 2.31. The molecule has 0 aromatic carbocycles. The molecule has 1 fully saturated rings. The Morgan fingerprint density at radius 3 is 2.61 bits per heavy atom. The van der Waals surface area contributed by atoms with E-state index in [-0.39, 0.29) is 11.8 Å². The summed E-state index contributed by atoms with van der Waals surface area (Å²) in [5.74, 6) is -0.0811. The number of hydrogen-bond acceptors (Lipinski definition) is 5. The second-order valence-electron chi connectivity index (χ2n) is 6.78. The maximum absolute atomic E-state index is 11.7. The summed E-state index contributed by atoms with van der Waals surface area (Å²) in [6, 6.07) is 3.19. The van der Waals surface area contributed by atoms with Crippen molar-refractivity contribution in [1.82, 2.24) is 10.6 Å². The third-order valence-electron chi connectivity index (χ3n) is 3.47. The summed E-state index contributed by atoms with van der Waals surface area (Å²) in [4.78, 5) is 22.5. The van der Waals surface area contributed by atoms with E-state index in [2.05, 4.69) is 10.6 Å². The molecule has 0 aliphatic heterocycles. The number of amides is 1. The van der Waals surface area contributed by atoms with Crippen molar-refractivity contribution in [3.05, 3.63) is 23.7 Å². The summed E-state index contributed by atoms with van der Waals surface area (Å²) in [5.41, 5.74) is -0.520. The fourth-order valence-electron chi connectivity index (χ4n) is 2.23. The van der Waals surface area contributed by atoms with E-state index in [9.17, 15) is 9.59 Å². The minimum atomic E-state index is -1.08. The maximum atomic E-state index is 11.7. The number of carboxylic acids is 1. The van der Waals surface area contributed by atoms with Crippen LogP contribution in [-0.4, -0.2) is 35.4 Å². The Bertz CT molecular complexity index is 557. The molecule has 128 valence electrons. The van der Waals surface area contributed by atoms with Crippen molar-refractivity contribution in [2.45, 2.75) is 51.8 Å². The summed E-state index contributed by atoms with van der Waals surface area (Å²) in [5, 5.41) is 14.9. The Hall–Kier alpha value is -2.02. The second-order valence-corrected chi connectivity index (χ2v) is 6.78. The monoisotopic (exact) mass is 324 g/mol. The molecule has 0 saturated heterocycles. The molecule has 0 radical (unpaired) electrons. The van der Waals surface area contributed by atoms with Gasteiger partial charge < -0.3 is 24.9 Å². The predicted octanol–water partition coefficient (Wildman–Crippen LogP) is 2.37. The van der Waals surface area contributed by atoms with Crippen LogP contribution in [0.15, 0.2) is 16.5 Å². The molecule has 2 rings (SSSR count). The van der Waals surface area contributed by atoms with E-state index < -0.39 is 17.7 Å². The first kappa shape index (κ1) is 17.3. The topological polar surface area (TPSA) is 101 Å². The van der Waals surface area contributed by atoms with Crippen molar-refractivity contribution in [2.75, 3.05) is 6.54 Å². The first-order valence-corrected chi connectivity index (χ1v) is 7.77. The average Bonchev–Trinajstić information content (AvgIpc) is 3.14. The number of ether oxygens (including phenoxy) is 1. The molecule has 1 atom stereocenters. The lowest BCUT2D eigenvalue weighted by atomic mass is 10.2. The smallest absolute Gasteiger partial charge is 0.407 e. The molecule has 1 saturated carbocycles. The van der Waals surface area contributed by atoms with Crippen LogP contribution in [0.3, 0.4) is 0 Å². The van der Waals surface area contributed by atoms with Gasteiger partial charge in [0, 0.05) is 12.6 Å². The third kappa shape index (κ3) is 5.94. The lowest BCUT2D eigenvalue weighted by Gasteiger charge is -2.22. The Labute approximate surface area is 135 Å². The van der Waals surface area contributed by atoms with Gasteiger partial charge in [-0.3, -0.25) is 0 Å². The van der Waals surface area contributed by atoms with E-state index in [1.165, 1.54) is 6.07 Å². The van der Waals surface area contributed by atoms with Crippen molar-refractivity contribution in [2.24, 2.45) is 5.92 Å².